The Morgan fingerprint density at radius 1 is 1.41 bits per heavy atom. The molecule has 0 saturated carbocycles. The number of rotatable bonds is 7. The van der Waals surface area contributed by atoms with E-state index in [1.807, 2.05) is 36.0 Å². The van der Waals surface area contributed by atoms with E-state index < -0.39 is 6.10 Å². The topological polar surface area (TPSA) is 61.4 Å². The first-order valence-corrected chi connectivity index (χ1v) is 9.11. The van der Waals surface area contributed by atoms with Gasteiger partial charge in [0, 0.05) is 13.0 Å². The molecule has 0 aliphatic heterocycles. The quantitative estimate of drug-likeness (QED) is 0.677. The first kappa shape index (κ1) is 17.2. The van der Waals surface area contributed by atoms with E-state index in [2.05, 4.69) is 24.5 Å². The van der Waals surface area contributed by atoms with Crippen LogP contribution in [0.1, 0.15) is 37.4 Å². The predicted octanol–water partition coefficient (Wildman–Crippen LogP) is 2.72. The molecule has 2 atom stereocenters. The molecule has 5 heteroatoms. The maximum atomic E-state index is 12.0. The summed E-state index contributed by atoms with van der Waals surface area (Å²) < 4.78 is 0. The van der Waals surface area contributed by atoms with Crippen molar-refractivity contribution in [3.05, 3.63) is 35.4 Å². The van der Waals surface area contributed by atoms with E-state index in [0.717, 1.165) is 29.1 Å². The molecule has 22 heavy (non-hydrogen) atoms. The second-order valence-electron chi connectivity index (χ2n) is 6.17. The van der Waals surface area contributed by atoms with Gasteiger partial charge in [-0.05, 0) is 35.0 Å². The van der Waals surface area contributed by atoms with Gasteiger partial charge in [0.1, 0.15) is 0 Å². The Hall–Kier alpha value is -1.20. The zero-order valence-corrected chi connectivity index (χ0v) is 14.2. The van der Waals surface area contributed by atoms with Crippen LogP contribution in [-0.4, -0.2) is 35.3 Å². The fourth-order valence-corrected chi connectivity index (χ4v) is 3.62. The zero-order chi connectivity index (χ0) is 15.9. The van der Waals surface area contributed by atoms with Crippen LogP contribution in [0.2, 0.25) is 0 Å². The second-order valence-corrected chi connectivity index (χ2v) is 7.32. The summed E-state index contributed by atoms with van der Waals surface area (Å²) in [5, 5.41) is 15.9. The lowest BCUT2D eigenvalue weighted by Gasteiger charge is -2.18. The van der Waals surface area contributed by atoms with E-state index in [1.165, 1.54) is 0 Å². The summed E-state index contributed by atoms with van der Waals surface area (Å²) in [4.78, 5) is 12.0. The lowest BCUT2D eigenvalue weighted by molar-refractivity contribution is 0.142. The molecule has 1 aliphatic carbocycles. The molecule has 0 aromatic heterocycles. The average molecular weight is 322 g/mol. The maximum Gasteiger partial charge on any atom is 0.315 e. The molecule has 2 amide bonds. The maximum absolute atomic E-state index is 12.0. The largest absolute Gasteiger partial charge is 0.390 e. The van der Waals surface area contributed by atoms with Gasteiger partial charge >= 0.3 is 6.03 Å². The van der Waals surface area contributed by atoms with Crippen LogP contribution in [-0.2, 0) is 6.42 Å². The van der Waals surface area contributed by atoms with Gasteiger partial charge in [-0.2, -0.15) is 11.8 Å². The van der Waals surface area contributed by atoms with Gasteiger partial charge in [-0.25, -0.2) is 4.79 Å². The number of benzene rings is 1. The highest BCUT2D eigenvalue weighted by Gasteiger charge is 2.31. The van der Waals surface area contributed by atoms with Crippen molar-refractivity contribution in [2.75, 3.05) is 18.1 Å². The molecule has 3 N–H and O–H groups in total. The van der Waals surface area contributed by atoms with Crippen LogP contribution < -0.4 is 10.6 Å². The number of aliphatic hydroxyl groups is 1. The van der Waals surface area contributed by atoms with E-state index in [9.17, 15) is 9.90 Å². The van der Waals surface area contributed by atoms with Gasteiger partial charge in [-0.15, -0.1) is 0 Å². The third kappa shape index (κ3) is 4.92. The second kappa shape index (κ2) is 8.44. The molecule has 1 aromatic rings. The molecule has 0 spiro atoms. The minimum atomic E-state index is -0.537. The van der Waals surface area contributed by atoms with Crippen molar-refractivity contribution in [1.29, 1.82) is 0 Å². The molecule has 0 bridgehead atoms. The fourth-order valence-electron chi connectivity index (χ4n) is 2.64. The fraction of sp³-hybridized carbons (Fsp3) is 0.588. The highest BCUT2D eigenvalue weighted by molar-refractivity contribution is 7.99. The standard InChI is InChI=1S/C17H26N2O2S/c1-12(2)11-22-9-5-8-18-17(21)19-16-14-7-4-3-6-13(14)10-15(16)20/h3-4,6-7,12,15-16,20H,5,8-11H2,1-2H3,(H2,18,19,21). The minimum absolute atomic E-state index is 0.199. The van der Waals surface area contributed by atoms with Crippen LogP contribution >= 0.6 is 11.8 Å². The summed E-state index contributed by atoms with van der Waals surface area (Å²) in [6.07, 6.45) is 1.03. The van der Waals surface area contributed by atoms with Crippen molar-refractivity contribution in [3.63, 3.8) is 0 Å². The van der Waals surface area contributed by atoms with E-state index in [-0.39, 0.29) is 12.1 Å². The van der Waals surface area contributed by atoms with Gasteiger partial charge in [0.25, 0.3) is 0 Å². The number of aliphatic hydroxyl groups excluding tert-OH is 1. The molecular formula is C17H26N2O2S. The summed E-state index contributed by atoms with van der Waals surface area (Å²) in [6.45, 7) is 5.09. The van der Waals surface area contributed by atoms with Gasteiger partial charge in [-0.1, -0.05) is 38.1 Å². The molecule has 1 aliphatic rings. The number of nitrogens with one attached hydrogen (secondary N) is 2. The van der Waals surface area contributed by atoms with E-state index >= 15 is 0 Å². The van der Waals surface area contributed by atoms with Gasteiger partial charge in [0.05, 0.1) is 12.1 Å². The van der Waals surface area contributed by atoms with Crippen molar-refractivity contribution < 1.29 is 9.90 Å². The molecule has 0 fully saturated rings. The summed E-state index contributed by atoms with van der Waals surface area (Å²) in [5.74, 6) is 2.94. The Morgan fingerprint density at radius 2 is 2.18 bits per heavy atom. The van der Waals surface area contributed by atoms with Crippen LogP contribution in [0.4, 0.5) is 4.79 Å². The van der Waals surface area contributed by atoms with Crippen molar-refractivity contribution in [2.45, 2.75) is 38.8 Å². The van der Waals surface area contributed by atoms with Gasteiger partial charge in [-0.3, -0.25) is 0 Å². The Balaban J connectivity index is 1.69. The third-order valence-corrected chi connectivity index (χ3v) is 5.17. The molecule has 0 saturated heterocycles. The average Bonchev–Trinajstić information content (AvgIpc) is 2.79. The number of hydrogen-bond donors (Lipinski definition) is 3. The first-order valence-electron chi connectivity index (χ1n) is 7.96. The zero-order valence-electron chi connectivity index (χ0n) is 13.3. The molecule has 0 radical (unpaired) electrons. The monoisotopic (exact) mass is 322 g/mol. The van der Waals surface area contributed by atoms with Crippen molar-refractivity contribution in [3.8, 4) is 0 Å². The highest BCUT2D eigenvalue weighted by Crippen LogP contribution is 2.30. The summed E-state index contributed by atoms with van der Waals surface area (Å²) in [7, 11) is 0. The van der Waals surface area contributed by atoms with Crippen LogP contribution in [0.15, 0.2) is 24.3 Å². The molecule has 0 heterocycles. The Morgan fingerprint density at radius 3 is 2.95 bits per heavy atom. The third-order valence-electron chi connectivity index (χ3n) is 3.69. The summed E-state index contributed by atoms with van der Waals surface area (Å²) in [5.41, 5.74) is 2.14. The molecule has 1 aromatic carbocycles. The number of urea groups is 1. The Kier molecular flexibility index (Phi) is 6.58. The highest BCUT2D eigenvalue weighted by atomic mass is 32.2. The van der Waals surface area contributed by atoms with Crippen molar-refractivity contribution in [2.24, 2.45) is 5.92 Å². The van der Waals surface area contributed by atoms with Crippen molar-refractivity contribution >= 4 is 17.8 Å². The van der Waals surface area contributed by atoms with Crippen LogP contribution in [0.3, 0.4) is 0 Å². The van der Waals surface area contributed by atoms with Crippen LogP contribution in [0, 0.1) is 5.92 Å². The minimum Gasteiger partial charge on any atom is -0.390 e. The van der Waals surface area contributed by atoms with E-state index in [1.54, 1.807) is 0 Å². The van der Waals surface area contributed by atoms with Crippen LogP contribution in [0.25, 0.3) is 0 Å². The number of carbonyl (C=O) groups excluding carboxylic acids is 1. The predicted molar refractivity (Wildman–Crippen MR) is 92.2 cm³/mol. The van der Waals surface area contributed by atoms with Gasteiger partial charge in [0.15, 0.2) is 0 Å². The SMILES string of the molecule is CC(C)CSCCCNC(=O)NC1c2ccccc2CC1O. The Labute approximate surface area is 137 Å². The number of fused-ring (bicyclic) bond motifs is 1. The molecule has 122 valence electrons. The smallest absolute Gasteiger partial charge is 0.315 e. The molecular weight excluding hydrogens is 296 g/mol. The normalized spacial score (nSPS) is 20.0. The van der Waals surface area contributed by atoms with E-state index in [0.29, 0.717) is 18.9 Å². The lowest BCUT2D eigenvalue weighted by atomic mass is 10.1. The molecule has 4 nitrogen and oxygen atoms in total. The molecule has 2 unspecified atom stereocenters. The number of carbonyl (C=O) groups is 1. The Bertz CT molecular complexity index is 493. The van der Waals surface area contributed by atoms with Gasteiger partial charge < -0.3 is 15.7 Å². The number of thioether (sulfide) groups is 1. The number of hydrogen-bond acceptors (Lipinski definition) is 3. The summed E-state index contributed by atoms with van der Waals surface area (Å²) in [6, 6.07) is 7.38. The van der Waals surface area contributed by atoms with Crippen molar-refractivity contribution in [1.82, 2.24) is 10.6 Å². The van der Waals surface area contributed by atoms with Gasteiger partial charge in [0.2, 0.25) is 0 Å². The first-order chi connectivity index (χ1) is 10.6. The molecule has 2 rings (SSSR count). The van der Waals surface area contributed by atoms with E-state index in [4.69, 9.17) is 0 Å². The lowest BCUT2D eigenvalue weighted by Crippen LogP contribution is -2.41. The summed E-state index contributed by atoms with van der Waals surface area (Å²) >= 11 is 1.93. The number of amides is 2. The van der Waals surface area contributed by atoms with Crippen LogP contribution in [0.5, 0.6) is 0 Å².